The summed E-state index contributed by atoms with van der Waals surface area (Å²) in [5.74, 6) is -0.707. The molecule has 0 atom stereocenters. The number of fused-ring (bicyclic) bond motifs is 1. The molecule has 0 spiro atoms. The number of carbonyl (C=O) groups is 1. The normalized spacial score (nSPS) is 10.2. The van der Waals surface area contributed by atoms with Gasteiger partial charge in [0.2, 0.25) is 0 Å². The Morgan fingerprint density at radius 2 is 2.00 bits per heavy atom. The van der Waals surface area contributed by atoms with Crippen LogP contribution in [0.4, 0.5) is 10.1 Å². The second-order valence-corrected chi connectivity index (χ2v) is 5.57. The van der Waals surface area contributed by atoms with Crippen LogP contribution in [0.15, 0.2) is 47.5 Å². The van der Waals surface area contributed by atoms with Crippen molar-refractivity contribution < 1.29 is 9.18 Å². The maximum absolute atomic E-state index is 12.7. The first-order chi connectivity index (χ1) is 10.4. The summed E-state index contributed by atoms with van der Waals surface area (Å²) < 4.78 is 12.7. The number of H-pyrrole nitrogens is 1. The summed E-state index contributed by atoms with van der Waals surface area (Å²) in [6, 6.07) is 9.72. The van der Waals surface area contributed by atoms with Crippen molar-refractivity contribution in [3.8, 4) is 0 Å². The van der Waals surface area contributed by atoms with Crippen molar-refractivity contribution in [2.75, 3.05) is 5.73 Å². The number of nitrogens with two attached hydrogens (primary N) is 1. The number of carbonyl (C=O) groups excluding carboxylic acids is 1. The number of nitrogens with one attached hydrogen (secondary N) is 1. The number of aromatic amines is 1. The van der Waals surface area contributed by atoms with Crippen molar-refractivity contribution in [1.82, 2.24) is 4.98 Å². The first-order valence-electron chi connectivity index (χ1n) is 6.40. The Kier molecular flexibility index (Phi) is 5.11. The Balaban J connectivity index is 0.000000160. The molecule has 3 nitrogen and oxygen atoms in total. The number of ketones is 1. The van der Waals surface area contributed by atoms with Gasteiger partial charge in [0.25, 0.3) is 0 Å². The molecule has 0 amide bonds. The lowest BCUT2D eigenvalue weighted by molar-refractivity contribution is 0.101. The van der Waals surface area contributed by atoms with Gasteiger partial charge in [-0.05, 0) is 37.3 Å². The van der Waals surface area contributed by atoms with Gasteiger partial charge >= 0.3 is 0 Å². The van der Waals surface area contributed by atoms with Gasteiger partial charge in [-0.1, -0.05) is 17.7 Å². The zero-order chi connectivity index (χ0) is 16.3. The van der Waals surface area contributed by atoms with Crippen LogP contribution in [0.25, 0.3) is 10.9 Å². The molecule has 0 aliphatic rings. The van der Waals surface area contributed by atoms with Gasteiger partial charge in [0.1, 0.15) is 5.82 Å². The minimum Gasteiger partial charge on any atom is -0.396 e. The molecular formula is C16H14ClFN2OS. The summed E-state index contributed by atoms with van der Waals surface area (Å²) >= 11 is 10.0. The molecule has 0 saturated carbocycles. The molecule has 3 rings (SSSR count). The summed E-state index contributed by atoms with van der Waals surface area (Å²) in [7, 11) is 0. The molecule has 6 heteroatoms. The minimum absolute atomic E-state index is 0.0648. The molecule has 3 N–H and O–H groups in total. The molecule has 0 bridgehead atoms. The molecule has 1 aromatic heterocycles. The van der Waals surface area contributed by atoms with Crippen LogP contribution < -0.4 is 5.73 Å². The van der Waals surface area contributed by atoms with E-state index in [9.17, 15) is 9.18 Å². The third-order valence-corrected chi connectivity index (χ3v) is 3.63. The van der Waals surface area contributed by atoms with Crippen LogP contribution in [-0.4, -0.2) is 10.8 Å². The van der Waals surface area contributed by atoms with Crippen LogP contribution in [0.5, 0.6) is 0 Å². The van der Waals surface area contributed by atoms with E-state index in [1.54, 1.807) is 0 Å². The Hall–Kier alpha value is -1.98. The first kappa shape index (κ1) is 16.4. The minimum atomic E-state index is -0.544. The summed E-state index contributed by atoms with van der Waals surface area (Å²) in [5, 5.41) is 1.85. The van der Waals surface area contributed by atoms with Crippen molar-refractivity contribution in [2.24, 2.45) is 0 Å². The number of anilines is 1. The summed E-state index contributed by atoms with van der Waals surface area (Å²) in [6.45, 7) is 1.38. The van der Waals surface area contributed by atoms with E-state index in [2.05, 4.69) is 17.6 Å². The predicted octanol–water partition coefficient (Wildman–Crippen LogP) is 4.72. The monoisotopic (exact) mass is 336 g/mol. The molecule has 22 heavy (non-hydrogen) atoms. The Morgan fingerprint density at radius 1 is 1.27 bits per heavy atom. The number of halogens is 2. The van der Waals surface area contributed by atoms with E-state index in [0.717, 1.165) is 26.9 Å². The predicted molar refractivity (Wildman–Crippen MR) is 91.4 cm³/mol. The number of aromatic nitrogens is 1. The zero-order valence-corrected chi connectivity index (χ0v) is 13.4. The van der Waals surface area contributed by atoms with Crippen LogP contribution in [0.1, 0.15) is 17.3 Å². The van der Waals surface area contributed by atoms with Crippen molar-refractivity contribution in [3.05, 3.63) is 59.0 Å². The fourth-order valence-corrected chi connectivity index (χ4v) is 2.26. The lowest BCUT2D eigenvalue weighted by atomic mass is 10.1. The Bertz CT molecular complexity index is 832. The molecule has 1 heterocycles. The smallest absolute Gasteiger partial charge is 0.159 e. The van der Waals surface area contributed by atoms with Gasteiger partial charge in [0, 0.05) is 32.6 Å². The molecule has 0 radical (unpaired) electrons. The molecule has 114 valence electrons. The van der Waals surface area contributed by atoms with Gasteiger partial charge in [-0.3, -0.25) is 4.79 Å². The molecule has 0 aliphatic heterocycles. The standard InChI is InChI=1S/C8H6ClNS.C8H8FNO/c9-5-1-2-6-7(3-5)10-4-8(6)11;1-5(11)6-2-3-8(10)7(9)4-6/h1-4,10-11H;2-4H,10H2,1H3. The third kappa shape index (κ3) is 3.81. The average molecular weight is 337 g/mol. The number of hydrogen-bond acceptors (Lipinski definition) is 3. The highest BCUT2D eigenvalue weighted by Gasteiger charge is 2.02. The van der Waals surface area contributed by atoms with Crippen molar-refractivity contribution in [2.45, 2.75) is 11.8 Å². The molecule has 0 unspecified atom stereocenters. The van der Waals surface area contributed by atoms with E-state index in [4.69, 9.17) is 17.3 Å². The Labute approximate surface area is 137 Å². The van der Waals surface area contributed by atoms with E-state index in [0.29, 0.717) is 5.56 Å². The van der Waals surface area contributed by atoms with E-state index < -0.39 is 5.82 Å². The van der Waals surface area contributed by atoms with Gasteiger partial charge in [-0.2, -0.15) is 0 Å². The lowest BCUT2D eigenvalue weighted by Crippen LogP contribution is -1.96. The highest BCUT2D eigenvalue weighted by atomic mass is 35.5. The van der Waals surface area contributed by atoms with E-state index in [1.807, 2.05) is 24.4 Å². The van der Waals surface area contributed by atoms with Crippen molar-refractivity contribution in [1.29, 1.82) is 0 Å². The van der Waals surface area contributed by atoms with Crippen LogP contribution >= 0.6 is 24.2 Å². The zero-order valence-electron chi connectivity index (χ0n) is 11.7. The number of benzene rings is 2. The van der Waals surface area contributed by atoms with E-state index in [-0.39, 0.29) is 11.5 Å². The van der Waals surface area contributed by atoms with Crippen molar-refractivity contribution in [3.63, 3.8) is 0 Å². The quantitative estimate of drug-likeness (QED) is 0.342. The van der Waals surface area contributed by atoms with Gasteiger partial charge in [-0.15, -0.1) is 12.6 Å². The van der Waals surface area contributed by atoms with Crippen LogP contribution in [0.3, 0.4) is 0 Å². The van der Waals surface area contributed by atoms with Crippen molar-refractivity contribution >= 4 is 46.6 Å². The summed E-state index contributed by atoms with van der Waals surface area (Å²) in [6.07, 6.45) is 1.85. The number of thiol groups is 1. The fraction of sp³-hybridized carbons (Fsp3) is 0.0625. The van der Waals surface area contributed by atoms with Gasteiger partial charge in [-0.25, -0.2) is 4.39 Å². The highest BCUT2D eigenvalue weighted by molar-refractivity contribution is 7.80. The number of Topliss-reactive ketones (excluding diaryl/α,β-unsaturated/α-hetero) is 1. The van der Waals surface area contributed by atoms with E-state index in [1.165, 1.54) is 19.1 Å². The maximum Gasteiger partial charge on any atom is 0.159 e. The molecule has 0 aliphatic carbocycles. The average Bonchev–Trinajstić information content (AvgIpc) is 2.83. The summed E-state index contributed by atoms with van der Waals surface area (Å²) in [4.78, 5) is 14.7. The highest BCUT2D eigenvalue weighted by Crippen LogP contribution is 2.23. The summed E-state index contributed by atoms with van der Waals surface area (Å²) in [5.41, 5.74) is 6.64. The van der Waals surface area contributed by atoms with Crippen LogP contribution in [0.2, 0.25) is 5.02 Å². The van der Waals surface area contributed by atoms with Crippen LogP contribution in [-0.2, 0) is 0 Å². The molecule has 3 aromatic rings. The molecular weight excluding hydrogens is 323 g/mol. The molecule has 0 fully saturated rings. The topological polar surface area (TPSA) is 58.9 Å². The van der Waals surface area contributed by atoms with Gasteiger partial charge in [0.15, 0.2) is 5.78 Å². The van der Waals surface area contributed by atoms with Gasteiger partial charge < -0.3 is 10.7 Å². The number of rotatable bonds is 1. The third-order valence-electron chi connectivity index (χ3n) is 3.03. The second-order valence-electron chi connectivity index (χ2n) is 4.66. The molecule has 2 aromatic carbocycles. The van der Waals surface area contributed by atoms with Gasteiger partial charge in [0.05, 0.1) is 5.69 Å². The maximum atomic E-state index is 12.7. The lowest BCUT2D eigenvalue weighted by Gasteiger charge is -1.97. The second kappa shape index (κ2) is 6.85. The fourth-order valence-electron chi connectivity index (χ4n) is 1.83. The number of hydrogen-bond donors (Lipinski definition) is 3. The number of nitrogen functional groups attached to an aromatic ring is 1. The van der Waals surface area contributed by atoms with E-state index >= 15 is 0 Å². The Morgan fingerprint density at radius 3 is 2.64 bits per heavy atom. The SMILES string of the molecule is CC(=O)c1ccc(N)c(F)c1.Sc1c[nH]c2cc(Cl)ccc12. The first-order valence-corrected chi connectivity index (χ1v) is 7.22. The molecule has 0 saturated heterocycles. The largest absolute Gasteiger partial charge is 0.396 e. The van der Waals surface area contributed by atoms with Crippen LogP contribution in [0, 0.1) is 5.82 Å².